The van der Waals surface area contributed by atoms with Crippen molar-refractivity contribution in [1.29, 1.82) is 0 Å². The minimum absolute atomic E-state index is 0.0931. The van der Waals surface area contributed by atoms with Gasteiger partial charge in [-0.15, -0.1) is 15.3 Å². The van der Waals surface area contributed by atoms with E-state index in [1.807, 2.05) is 0 Å². The average molecular weight is 457 g/mol. The van der Waals surface area contributed by atoms with Crippen LogP contribution in [0.2, 0.25) is 0 Å². The van der Waals surface area contributed by atoms with E-state index in [-0.39, 0.29) is 30.6 Å². The fourth-order valence-corrected chi connectivity index (χ4v) is 2.92. The summed E-state index contributed by atoms with van der Waals surface area (Å²) in [6.07, 6.45) is -1.00. The minimum Gasteiger partial charge on any atom is -0.478 e. The van der Waals surface area contributed by atoms with Gasteiger partial charge >= 0.3 is 0 Å². The van der Waals surface area contributed by atoms with Crippen LogP contribution in [0.4, 0.5) is 13.2 Å². The highest BCUT2D eigenvalue weighted by atomic mass is 19.1. The van der Waals surface area contributed by atoms with Gasteiger partial charge in [-0.05, 0) is 49.4 Å². The first-order valence-electron chi connectivity index (χ1n) is 9.91. The highest BCUT2D eigenvalue weighted by molar-refractivity contribution is 5.80. The molecule has 33 heavy (non-hydrogen) atoms. The van der Waals surface area contributed by atoms with E-state index in [0.717, 1.165) is 12.1 Å². The molecule has 8 nitrogen and oxygen atoms in total. The number of hydrogen-bond acceptors (Lipinski definition) is 6. The highest BCUT2D eigenvalue weighted by Crippen LogP contribution is 2.20. The van der Waals surface area contributed by atoms with Crippen molar-refractivity contribution in [3.63, 3.8) is 0 Å². The van der Waals surface area contributed by atoms with E-state index in [2.05, 4.69) is 20.6 Å². The zero-order chi connectivity index (χ0) is 23.4. The molecule has 0 aliphatic carbocycles. The quantitative estimate of drug-likeness (QED) is 0.409. The molecule has 0 fully saturated rings. The first kappa shape index (κ1) is 22.1. The number of nitrogens with zero attached hydrogens (tertiary/aromatic N) is 4. The lowest BCUT2D eigenvalue weighted by atomic mass is 10.2. The molecule has 0 saturated carbocycles. The second-order valence-electron chi connectivity index (χ2n) is 6.95. The van der Waals surface area contributed by atoms with E-state index in [4.69, 9.17) is 9.47 Å². The number of carbonyl (C=O) groups is 1. The predicted molar refractivity (Wildman–Crippen MR) is 111 cm³/mol. The van der Waals surface area contributed by atoms with Crippen LogP contribution in [0.1, 0.15) is 6.92 Å². The molecule has 0 spiro atoms. The fourth-order valence-electron chi connectivity index (χ4n) is 2.92. The Morgan fingerprint density at radius 1 is 1.03 bits per heavy atom. The summed E-state index contributed by atoms with van der Waals surface area (Å²) in [5.41, 5.74) is 1.11. The molecule has 2 aromatic heterocycles. The SMILES string of the molecule is CC(Oc1ccc(F)cc1F)C(=O)NCCOc1ccc2nnc(-c3ccc(F)cc3)n2n1. The van der Waals surface area contributed by atoms with Crippen LogP contribution in [0.3, 0.4) is 0 Å². The normalized spacial score (nSPS) is 11.9. The topological polar surface area (TPSA) is 90.6 Å². The van der Waals surface area contributed by atoms with E-state index in [1.54, 1.807) is 24.3 Å². The van der Waals surface area contributed by atoms with Crippen LogP contribution < -0.4 is 14.8 Å². The molecular weight excluding hydrogens is 439 g/mol. The minimum atomic E-state index is -1.00. The third kappa shape index (κ3) is 5.20. The average Bonchev–Trinajstić information content (AvgIpc) is 3.22. The first-order chi connectivity index (χ1) is 15.9. The Bertz CT molecular complexity index is 1280. The van der Waals surface area contributed by atoms with Crippen molar-refractivity contribution in [2.45, 2.75) is 13.0 Å². The van der Waals surface area contributed by atoms with E-state index < -0.39 is 23.6 Å². The number of amides is 1. The Hall–Kier alpha value is -4.15. The van der Waals surface area contributed by atoms with Crippen LogP contribution in [0.5, 0.6) is 11.6 Å². The molecule has 0 bridgehead atoms. The number of rotatable bonds is 8. The van der Waals surface area contributed by atoms with Crippen LogP contribution in [-0.2, 0) is 4.79 Å². The Morgan fingerprint density at radius 3 is 2.55 bits per heavy atom. The maximum absolute atomic E-state index is 13.7. The van der Waals surface area contributed by atoms with Crippen LogP contribution in [0, 0.1) is 17.5 Å². The molecule has 0 aliphatic rings. The molecule has 170 valence electrons. The maximum Gasteiger partial charge on any atom is 0.260 e. The van der Waals surface area contributed by atoms with Crippen LogP contribution in [0.25, 0.3) is 17.0 Å². The van der Waals surface area contributed by atoms with E-state index in [0.29, 0.717) is 23.1 Å². The Kier molecular flexibility index (Phi) is 6.38. The maximum atomic E-state index is 13.7. The molecule has 2 aromatic carbocycles. The summed E-state index contributed by atoms with van der Waals surface area (Å²) in [6, 6.07) is 11.9. The van der Waals surface area contributed by atoms with E-state index >= 15 is 0 Å². The smallest absolute Gasteiger partial charge is 0.260 e. The zero-order valence-corrected chi connectivity index (χ0v) is 17.3. The van der Waals surface area contributed by atoms with Gasteiger partial charge < -0.3 is 14.8 Å². The van der Waals surface area contributed by atoms with E-state index in [9.17, 15) is 18.0 Å². The molecule has 1 unspecified atom stereocenters. The van der Waals surface area contributed by atoms with Crippen molar-refractivity contribution in [1.82, 2.24) is 25.1 Å². The lowest BCUT2D eigenvalue weighted by molar-refractivity contribution is -0.127. The van der Waals surface area contributed by atoms with Gasteiger partial charge in [0, 0.05) is 17.7 Å². The number of fused-ring (bicyclic) bond motifs is 1. The first-order valence-corrected chi connectivity index (χ1v) is 9.91. The standard InChI is InChI=1S/C22H18F3N5O3/c1-13(33-18-7-6-16(24)12-17(18)25)22(31)26-10-11-32-20-9-8-19-27-28-21(30(19)29-20)14-2-4-15(23)5-3-14/h2-9,12-13H,10-11H2,1H3,(H,26,31). The number of benzene rings is 2. The van der Waals surface area contributed by atoms with Crippen molar-refractivity contribution >= 4 is 11.6 Å². The number of nitrogens with one attached hydrogen (secondary N) is 1. The lowest BCUT2D eigenvalue weighted by Crippen LogP contribution is -2.38. The van der Waals surface area contributed by atoms with Gasteiger partial charge in [0.15, 0.2) is 29.1 Å². The Labute approximate surface area is 186 Å². The van der Waals surface area contributed by atoms with Crippen molar-refractivity contribution in [3.05, 3.63) is 72.0 Å². The van der Waals surface area contributed by atoms with E-state index in [1.165, 1.54) is 23.6 Å². The summed E-state index contributed by atoms with van der Waals surface area (Å²) < 4.78 is 52.1. The molecule has 2 heterocycles. The van der Waals surface area contributed by atoms with Crippen molar-refractivity contribution in [3.8, 4) is 23.0 Å². The van der Waals surface area contributed by atoms with Crippen LogP contribution >= 0.6 is 0 Å². The van der Waals surface area contributed by atoms with Gasteiger partial charge in [0.1, 0.15) is 18.2 Å². The Balaban J connectivity index is 1.32. The summed E-state index contributed by atoms with van der Waals surface area (Å²) in [5, 5.41) is 15.0. The molecule has 1 atom stereocenters. The summed E-state index contributed by atoms with van der Waals surface area (Å²) in [4.78, 5) is 12.2. The molecule has 0 saturated heterocycles. The molecule has 4 aromatic rings. The number of halogens is 3. The fraction of sp³-hybridized carbons (Fsp3) is 0.182. The van der Waals surface area contributed by atoms with Gasteiger partial charge in [-0.3, -0.25) is 4.79 Å². The zero-order valence-electron chi connectivity index (χ0n) is 17.3. The largest absolute Gasteiger partial charge is 0.478 e. The number of ether oxygens (including phenoxy) is 2. The molecule has 4 rings (SSSR count). The van der Waals surface area contributed by atoms with Crippen LogP contribution in [-0.4, -0.2) is 45.0 Å². The van der Waals surface area contributed by atoms with Crippen molar-refractivity contribution in [2.75, 3.05) is 13.2 Å². The predicted octanol–water partition coefficient (Wildman–Crippen LogP) is 3.17. The van der Waals surface area contributed by atoms with Gasteiger partial charge in [0.2, 0.25) is 5.88 Å². The summed E-state index contributed by atoms with van der Waals surface area (Å²) in [5.74, 6) is -2.04. The van der Waals surface area contributed by atoms with Gasteiger partial charge in [-0.1, -0.05) is 0 Å². The summed E-state index contributed by atoms with van der Waals surface area (Å²) in [7, 11) is 0. The molecule has 11 heteroatoms. The highest BCUT2D eigenvalue weighted by Gasteiger charge is 2.17. The number of carbonyl (C=O) groups excluding carboxylic acids is 1. The molecule has 0 radical (unpaired) electrons. The monoisotopic (exact) mass is 457 g/mol. The molecular formula is C22H18F3N5O3. The Morgan fingerprint density at radius 2 is 1.79 bits per heavy atom. The lowest BCUT2D eigenvalue weighted by Gasteiger charge is -2.15. The van der Waals surface area contributed by atoms with Gasteiger partial charge in [-0.2, -0.15) is 4.52 Å². The summed E-state index contributed by atoms with van der Waals surface area (Å²) >= 11 is 0. The second-order valence-corrected chi connectivity index (χ2v) is 6.95. The molecule has 1 N–H and O–H groups in total. The third-order valence-electron chi connectivity index (χ3n) is 4.56. The van der Waals surface area contributed by atoms with Crippen molar-refractivity contribution < 1.29 is 27.4 Å². The summed E-state index contributed by atoms with van der Waals surface area (Å²) in [6.45, 7) is 1.67. The second kappa shape index (κ2) is 9.55. The number of aromatic nitrogens is 4. The van der Waals surface area contributed by atoms with Gasteiger partial charge in [0.05, 0.1) is 6.54 Å². The van der Waals surface area contributed by atoms with Crippen molar-refractivity contribution in [2.24, 2.45) is 0 Å². The van der Waals surface area contributed by atoms with Gasteiger partial charge in [0.25, 0.3) is 5.91 Å². The molecule has 1 amide bonds. The van der Waals surface area contributed by atoms with Crippen LogP contribution in [0.15, 0.2) is 54.6 Å². The number of hydrogen-bond donors (Lipinski definition) is 1. The molecule has 0 aliphatic heterocycles. The van der Waals surface area contributed by atoms with Gasteiger partial charge in [-0.25, -0.2) is 13.2 Å². The third-order valence-corrected chi connectivity index (χ3v) is 4.56.